The highest BCUT2D eigenvalue weighted by Crippen LogP contribution is 2.48. The number of amides is 3. The van der Waals surface area contributed by atoms with Gasteiger partial charge < -0.3 is 30.3 Å². The lowest BCUT2D eigenvalue weighted by Crippen LogP contribution is -2.71. The van der Waals surface area contributed by atoms with Crippen molar-refractivity contribution < 1.29 is 29.3 Å². The van der Waals surface area contributed by atoms with Crippen LogP contribution in [0.2, 0.25) is 0 Å². The monoisotopic (exact) mass is 599 g/mol. The van der Waals surface area contributed by atoms with Crippen LogP contribution in [-0.2, 0) is 32.0 Å². The van der Waals surface area contributed by atoms with E-state index >= 15 is 0 Å². The predicted molar refractivity (Wildman–Crippen MR) is 159 cm³/mol. The van der Waals surface area contributed by atoms with Crippen LogP contribution in [0.25, 0.3) is 10.9 Å². The van der Waals surface area contributed by atoms with E-state index in [4.69, 9.17) is 4.74 Å². The molecule has 3 amide bonds. The number of aromatic nitrogens is 1. The second-order valence-electron chi connectivity index (χ2n) is 13.3. The number of aliphatic hydroxyl groups is 1. The first-order valence-electron chi connectivity index (χ1n) is 15.5. The first kappa shape index (κ1) is 27.6. The summed E-state index contributed by atoms with van der Waals surface area (Å²) >= 11 is 0. The number of likely N-dealkylation sites (N-methyl/N-ethyl adjacent to an activating group) is 1. The lowest BCUT2D eigenvalue weighted by atomic mass is 9.72. The number of carbonyl (C=O) groups excluding carboxylic acids is 3. The van der Waals surface area contributed by atoms with E-state index in [1.165, 1.54) is 11.8 Å². The van der Waals surface area contributed by atoms with E-state index in [9.17, 15) is 24.6 Å². The van der Waals surface area contributed by atoms with Crippen LogP contribution >= 0.6 is 0 Å². The fraction of sp³-hybridized carbons (Fsp3) is 0.485. The van der Waals surface area contributed by atoms with Crippen molar-refractivity contribution in [1.29, 1.82) is 0 Å². The summed E-state index contributed by atoms with van der Waals surface area (Å²) in [5.74, 6) is -3.42. The summed E-state index contributed by atoms with van der Waals surface area (Å²) in [4.78, 5) is 50.0. The molecule has 7 atom stereocenters. The molecule has 0 spiro atoms. The average molecular weight is 600 g/mol. The predicted octanol–water partition coefficient (Wildman–Crippen LogP) is 1.79. The van der Waals surface area contributed by atoms with Gasteiger partial charge >= 0.3 is 0 Å². The van der Waals surface area contributed by atoms with Gasteiger partial charge in [0.25, 0.3) is 11.8 Å². The summed E-state index contributed by atoms with van der Waals surface area (Å²) in [5.41, 5.74) is 1.91. The highest BCUT2D eigenvalue weighted by Gasteiger charge is 2.70. The molecular formula is C33H37N5O6. The molecule has 1 aliphatic carbocycles. The van der Waals surface area contributed by atoms with Crippen molar-refractivity contribution in [2.24, 2.45) is 5.92 Å². The number of ether oxygens (including phenoxy) is 1. The Bertz CT molecular complexity index is 1690. The number of piperazine rings is 1. The third-order valence-corrected chi connectivity index (χ3v) is 10.7. The molecule has 3 aromatic rings. The molecular weight excluding hydrogens is 562 g/mol. The summed E-state index contributed by atoms with van der Waals surface area (Å²) < 4.78 is 6.23. The number of nitrogens with one attached hydrogen (secondary N) is 2. The van der Waals surface area contributed by atoms with Gasteiger partial charge in [0.05, 0.1) is 5.92 Å². The fourth-order valence-corrected chi connectivity index (χ4v) is 8.72. The van der Waals surface area contributed by atoms with Gasteiger partial charge in [-0.3, -0.25) is 24.0 Å². The van der Waals surface area contributed by atoms with Gasteiger partial charge in [-0.1, -0.05) is 42.5 Å². The molecule has 11 nitrogen and oxygen atoms in total. The Morgan fingerprint density at radius 1 is 1.16 bits per heavy atom. The van der Waals surface area contributed by atoms with Gasteiger partial charge in [0.2, 0.25) is 17.5 Å². The number of hydrogen-bond acceptors (Lipinski definition) is 7. The third kappa shape index (κ3) is 3.82. The molecule has 4 aliphatic heterocycles. The van der Waals surface area contributed by atoms with Crippen molar-refractivity contribution in [3.8, 4) is 5.88 Å². The van der Waals surface area contributed by atoms with Gasteiger partial charge in [-0.25, -0.2) is 0 Å². The van der Waals surface area contributed by atoms with Crippen LogP contribution < -0.4 is 5.32 Å². The largest absolute Gasteiger partial charge is 0.494 e. The maximum atomic E-state index is 14.2. The number of fused-ring (bicyclic) bond motifs is 5. The highest BCUT2D eigenvalue weighted by atomic mass is 16.7. The zero-order valence-electron chi connectivity index (χ0n) is 24.8. The second-order valence-corrected chi connectivity index (χ2v) is 13.3. The van der Waals surface area contributed by atoms with Crippen molar-refractivity contribution in [2.45, 2.75) is 74.7 Å². The fourth-order valence-electron chi connectivity index (χ4n) is 8.72. The number of rotatable bonds is 4. The van der Waals surface area contributed by atoms with Crippen molar-refractivity contribution >= 4 is 28.6 Å². The molecule has 2 aromatic carbocycles. The molecule has 230 valence electrons. The van der Waals surface area contributed by atoms with Gasteiger partial charge in [-0.05, 0) is 56.8 Å². The maximum Gasteiger partial charge on any atom is 0.280 e. The number of piperidine rings is 1. The van der Waals surface area contributed by atoms with Crippen LogP contribution in [0.15, 0.2) is 48.5 Å². The van der Waals surface area contributed by atoms with Crippen molar-refractivity contribution in [3.05, 3.63) is 65.2 Å². The molecule has 11 heteroatoms. The summed E-state index contributed by atoms with van der Waals surface area (Å²) in [7, 11) is 1.99. The van der Waals surface area contributed by atoms with Crippen molar-refractivity contribution in [1.82, 2.24) is 25.0 Å². The zero-order chi connectivity index (χ0) is 30.5. The minimum Gasteiger partial charge on any atom is -0.494 e. The van der Waals surface area contributed by atoms with Crippen LogP contribution in [0.3, 0.4) is 0 Å². The molecule has 4 saturated heterocycles. The van der Waals surface area contributed by atoms with Crippen LogP contribution in [-0.4, -0.2) is 97.5 Å². The Morgan fingerprint density at radius 2 is 1.95 bits per heavy atom. The van der Waals surface area contributed by atoms with Gasteiger partial charge in [0.1, 0.15) is 12.1 Å². The molecule has 4 N–H and O–H groups in total. The molecule has 0 saturated carbocycles. The summed E-state index contributed by atoms with van der Waals surface area (Å²) in [6.45, 7) is 2.43. The van der Waals surface area contributed by atoms with E-state index in [1.807, 2.05) is 49.5 Å². The van der Waals surface area contributed by atoms with E-state index in [-0.39, 0.29) is 36.1 Å². The van der Waals surface area contributed by atoms with Crippen LogP contribution in [0.5, 0.6) is 5.88 Å². The normalized spacial score (nSPS) is 34.7. The molecule has 1 aromatic heterocycles. The second kappa shape index (κ2) is 9.53. The number of likely N-dealkylation sites (tertiary alicyclic amines) is 1. The number of nitrogens with zero attached hydrogens (tertiary/aromatic N) is 3. The van der Waals surface area contributed by atoms with Crippen LogP contribution in [0, 0.1) is 5.92 Å². The maximum absolute atomic E-state index is 14.2. The summed E-state index contributed by atoms with van der Waals surface area (Å²) in [6, 6.07) is 13.8. The molecule has 5 aliphatic rings. The first-order valence-corrected chi connectivity index (χ1v) is 15.5. The number of benzene rings is 2. The summed E-state index contributed by atoms with van der Waals surface area (Å²) in [6.07, 6.45) is 2.65. The minimum absolute atomic E-state index is 0.0549. The minimum atomic E-state index is -2.05. The smallest absolute Gasteiger partial charge is 0.280 e. The summed E-state index contributed by atoms with van der Waals surface area (Å²) in [5, 5.41) is 26.5. The Balaban J connectivity index is 1.08. The molecule has 0 radical (unpaired) electrons. The zero-order valence-corrected chi connectivity index (χ0v) is 24.8. The molecule has 44 heavy (non-hydrogen) atoms. The third-order valence-electron chi connectivity index (χ3n) is 10.7. The van der Waals surface area contributed by atoms with Gasteiger partial charge in [-0.15, -0.1) is 0 Å². The molecule has 8 rings (SSSR count). The van der Waals surface area contributed by atoms with Crippen molar-refractivity contribution in [3.63, 3.8) is 0 Å². The molecule has 4 fully saturated rings. The van der Waals surface area contributed by atoms with E-state index in [2.05, 4.69) is 21.3 Å². The standard InChI is InChI=1S/C33H37N5O6/c1-32(31(42)38-25(14-18-8-4-3-5-9-18)30(41)37-13-7-12-26(37)33(38,43)44-32)35-28(39)19-15-21-20-10-6-11-23-27(20)22(29(40)34-23)16-24(21)36(2)17-19/h3-6,8-11,19,21,24-26,34,40,43H,7,12-17H2,1-2H3,(H,35,39)/t19-,21-,24-,25+,26-,32+,33-/m0/s1. The molecule has 0 unspecified atom stereocenters. The van der Waals surface area contributed by atoms with Gasteiger partial charge in [-0.2, -0.15) is 0 Å². The van der Waals surface area contributed by atoms with Crippen LogP contribution in [0.4, 0.5) is 0 Å². The number of hydrogen-bond donors (Lipinski definition) is 4. The number of aromatic amines is 1. The van der Waals surface area contributed by atoms with E-state index < -0.39 is 35.5 Å². The highest BCUT2D eigenvalue weighted by molar-refractivity contribution is 5.97. The lowest BCUT2D eigenvalue weighted by Gasteiger charge is -2.48. The van der Waals surface area contributed by atoms with E-state index in [0.717, 1.165) is 27.6 Å². The van der Waals surface area contributed by atoms with Crippen LogP contribution in [0.1, 0.15) is 48.8 Å². The van der Waals surface area contributed by atoms with E-state index in [1.54, 1.807) is 4.90 Å². The number of H-pyrrole nitrogens is 1. The Labute approximate surface area is 254 Å². The molecule has 5 heterocycles. The number of carbonyl (C=O) groups is 3. The van der Waals surface area contributed by atoms with Gasteiger partial charge in [0, 0.05) is 47.9 Å². The quantitative estimate of drug-likeness (QED) is 0.359. The Kier molecular flexibility index (Phi) is 5.98. The Hall–Kier alpha value is -3.93. The Morgan fingerprint density at radius 3 is 2.75 bits per heavy atom. The average Bonchev–Trinajstić information content (AvgIpc) is 3.67. The lowest BCUT2D eigenvalue weighted by molar-refractivity contribution is -0.315. The van der Waals surface area contributed by atoms with Gasteiger partial charge in [0.15, 0.2) is 5.88 Å². The molecule has 0 bridgehead atoms. The first-order chi connectivity index (χ1) is 21.1. The topological polar surface area (TPSA) is 138 Å². The SMILES string of the molecule is CN1C[C@@H](C(=O)N[C@]2(C)O[C@@]3(O)[C@@H]4CCCN4C(=O)[C@@H](Cc4ccccc4)N3C2=O)C[C@H]2c3cccc4[nH]c(O)c(c34)C[C@@H]21. The van der Waals surface area contributed by atoms with Crippen molar-refractivity contribution in [2.75, 3.05) is 20.1 Å². The number of aromatic hydroxyl groups is 1. The van der Waals surface area contributed by atoms with E-state index in [0.29, 0.717) is 38.8 Å².